The fraction of sp³-hybridized carbons (Fsp3) is 0.360. The minimum atomic E-state index is -0.320. The number of nitrogens with one attached hydrogen (secondary N) is 1. The van der Waals surface area contributed by atoms with E-state index >= 15 is 0 Å². The van der Waals surface area contributed by atoms with Gasteiger partial charge in [0.05, 0.1) is 28.4 Å². The van der Waals surface area contributed by atoms with E-state index in [-0.39, 0.29) is 29.9 Å². The average molecular weight is 437 g/mol. The minimum Gasteiger partial charge on any atom is -0.497 e. The molecule has 1 N–H and O–H groups in total. The van der Waals surface area contributed by atoms with Gasteiger partial charge in [0, 0.05) is 41.5 Å². The maximum atomic E-state index is 13.4. The summed E-state index contributed by atoms with van der Waals surface area (Å²) in [7, 11) is 6.35. The van der Waals surface area contributed by atoms with Gasteiger partial charge >= 0.3 is 0 Å². The number of amides is 1. The minimum absolute atomic E-state index is 0.0286. The molecule has 2 atom stereocenters. The summed E-state index contributed by atoms with van der Waals surface area (Å²) < 4.78 is 21.7. The van der Waals surface area contributed by atoms with E-state index in [1.54, 1.807) is 34.5 Å². The molecule has 2 unspecified atom stereocenters. The molecule has 0 spiro atoms. The molecular weight excluding hydrogens is 410 g/mol. The molecule has 7 nitrogen and oxygen atoms in total. The van der Waals surface area contributed by atoms with Crippen molar-refractivity contribution in [1.82, 2.24) is 5.32 Å². The predicted octanol–water partition coefficient (Wildman–Crippen LogP) is 3.73. The normalized spacial score (nSPS) is 20.4. The monoisotopic (exact) mass is 437 g/mol. The Bertz CT molecular complexity index is 1090. The van der Waals surface area contributed by atoms with Gasteiger partial charge in [-0.25, -0.2) is 0 Å². The van der Waals surface area contributed by atoms with Crippen LogP contribution in [0.15, 0.2) is 47.7 Å². The smallest absolute Gasteiger partial charge is 0.225 e. The lowest BCUT2D eigenvalue weighted by atomic mass is 9.73. The second kappa shape index (κ2) is 8.94. The van der Waals surface area contributed by atoms with Crippen LogP contribution in [0.25, 0.3) is 0 Å². The first-order valence-electron chi connectivity index (χ1n) is 10.5. The maximum absolute atomic E-state index is 13.4. The highest BCUT2D eigenvalue weighted by Crippen LogP contribution is 2.46. The highest BCUT2D eigenvalue weighted by molar-refractivity contribution is 6.02. The van der Waals surface area contributed by atoms with Crippen LogP contribution in [0.1, 0.15) is 42.2 Å². The topological polar surface area (TPSA) is 83.1 Å². The summed E-state index contributed by atoms with van der Waals surface area (Å²) in [5, 5.41) is 2.96. The summed E-state index contributed by atoms with van der Waals surface area (Å²) in [6.45, 7) is 0. The Balaban J connectivity index is 1.73. The number of rotatable bonds is 6. The number of allylic oxidation sites excluding steroid dienone is 2. The van der Waals surface area contributed by atoms with Gasteiger partial charge in [0.1, 0.15) is 11.5 Å². The van der Waals surface area contributed by atoms with Crippen LogP contribution in [0.4, 0.5) is 0 Å². The van der Waals surface area contributed by atoms with Gasteiger partial charge < -0.3 is 24.3 Å². The first kappa shape index (κ1) is 21.7. The fourth-order valence-electron chi connectivity index (χ4n) is 4.69. The maximum Gasteiger partial charge on any atom is 0.225 e. The molecule has 1 aliphatic heterocycles. The Labute approximate surface area is 187 Å². The van der Waals surface area contributed by atoms with Gasteiger partial charge in [-0.05, 0) is 42.3 Å². The van der Waals surface area contributed by atoms with Gasteiger partial charge in [-0.1, -0.05) is 6.07 Å². The molecule has 0 aromatic heterocycles. The Hall–Kier alpha value is -3.48. The quantitative estimate of drug-likeness (QED) is 0.742. The molecule has 32 heavy (non-hydrogen) atoms. The summed E-state index contributed by atoms with van der Waals surface area (Å²) in [4.78, 5) is 26.0. The molecule has 7 heteroatoms. The number of benzene rings is 2. The van der Waals surface area contributed by atoms with Crippen molar-refractivity contribution in [2.45, 2.75) is 31.1 Å². The largest absolute Gasteiger partial charge is 0.497 e. The number of hydrogen-bond acceptors (Lipinski definition) is 6. The highest BCUT2D eigenvalue weighted by Gasteiger charge is 2.39. The van der Waals surface area contributed by atoms with E-state index in [2.05, 4.69) is 5.32 Å². The van der Waals surface area contributed by atoms with E-state index in [1.165, 1.54) is 0 Å². The molecule has 0 fully saturated rings. The summed E-state index contributed by atoms with van der Waals surface area (Å²) in [5.74, 6) is 2.06. The molecular formula is C25H27NO6. The van der Waals surface area contributed by atoms with Crippen LogP contribution in [0.3, 0.4) is 0 Å². The zero-order chi connectivity index (χ0) is 22.8. The molecule has 1 heterocycles. The number of carbonyl (C=O) groups excluding carboxylic acids is 2. The lowest BCUT2D eigenvalue weighted by molar-refractivity contribution is -0.122. The van der Waals surface area contributed by atoms with E-state index in [1.807, 2.05) is 30.3 Å². The zero-order valence-corrected chi connectivity index (χ0v) is 18.7. The molecule has 0 saturated carbocycles. The SMILES string of the molecule is COc1ccc(OC)c(C2CC(=O)C3=C(C2)NC(=O)CC3c2ccc(OC)c(OC)c2)c1. The summed E-state index contributed by atoms with van der Waals surface area (Å²) >= 11 is 0. The van der Waals surface area contributed by atoms with Gasteiger partial charge in [-0.2, -0.15) is 0 Å². The summed E-state index contributed by atoms with van der Waals surface area (Å²) in [6, 6.07) is 11.1. The Morgan fingerprint density at radius 3 is 2.19 bits per heavy atom. The second-order valence-corrected chi connectivity index (χ2v) is 7.95. The van der Waals surface area contributed by atoms with Crippen LogP contribution >= 0.6 is 0 Å². The first-order valence-corrected chi connectivity index (χ1v) is 10.5. The fourth-order valence-corrected chi connectivity index (χ4v) is 4.69. The van der Waals surface area contributed by atoms with E-state index in [4.69, 9.17) is 18.9 Å². The molecule has 2 aromatic carbocycles. The molecule has 0 bridgehead atoms. The van der Waals surface area contributed by atoms with Gasteiger partial charge in [0.2, 0.25) is 5.91 Å². The molecule has 4 rings (SSSR count). The molecule has 1 aliphatic carbocycles. The van der Waals surface area contributed by atoms with Crippen molar-refractivity contribution in [3.8, 4) is 23.0 Å². The number of hydrogen-bond donors (Lipinski definition) is 1. The number of ether oxygens (including phenoxy) is 4. The van der Waals surface area contributed by atoms with Crippen molar-refractivity contribution < 1.29 is 28.5 Å². The molecule has 0 radical (unpaired) electrons. The van der Waals surface area contributed by atoms with E-state index in [9.17, 15) is 9.59 Å². The first-order chi connectivity index (χ1) is 15.5. The van der Waals surface area contributed by atoms with E-state index in [0.29, 0.717) is 47.1 Å². The molecule has 0 saturated heterocycles. The third-order valence-corrected chi connectivity index (χ3v) is 6.22. The zero-order valence-electron chi connectivity index (χ0n) is 18.7. The molecule has 168 valence electrons. The lowest BCUT2D eigenvalue weighted by Gasteiger charge is -2.35. The number of methoxy groups -OCH3 is 4. The molecule has 2 aliphatic rings. The van der Waals surface area contributed by atoms with Crippen molar-refractivity contribution in [3.05, 3.63) is 58.8 Å². The van der Waals surface area contributed by atoms with Crippen molar-refractivity contribution in [2.75, 3.05) is 28.4 Å². The van der Waals surface area contributed by atoms with Crippen molar-refractivity contribution in [3.63, 3.8) is 0 Å². The van der Waals surface area contributed by atoms with Gasteiger partial charge in [0.15, 0.2) is 17.3 Å². The van der Waals surface area contributed by atoms with Crippen molar-refractivity contribution >= 4 is 11.7 Å². The van der Waals surface area contributed by atoms with Crippen molar-refractivity contribution in [2.24, 2.45) is 0 Å². The number of carbonyl (C=O) groups is 2. The Morgan fingerprint density at radius 2 is 1.50 bits per heavy atom. The van der Waals surface area contributed by atoms with Crippen molar-refractivity contribution in [1.29, 1.82) is 0 Å². The second-order valence-electron chi connectivity index (χ2n) is 7.95. The summed E-state index contributed by atoms with van der Waals surface area (Å²) in [5.41, 5.74) is 3.12. The van der Waals surface area contributed by atoms with Crippen LogP contribution in [0.2, 0.25) is 0 Å². The van der Waals surface area contributed by atoms with Crippen LogP contribution in [0, 0.1) is 0 Å². The van der Waals surface area contributed by atoms with E-state index in [0.717, 1.165) is 11.1 Å². The molecule has 2 aromatic rings. The third kappa shape index (κ3) is 3.90. The lowest BCUT2D eigenvalue weighted by Crippen LogP contribution is -2.38. The van der Waals surface area contributed by atoms with Gasteiger partial charge in [-0.3, -0.25) is 9.59 Å². The van der Waals surface area contributed by atoms with Crippen LogP contribution < -0.4 is 24.3 Å². The van der Waals surface area contributed by atoms with E-state index < -0.39 is 0 Å². The van der Waals surface area contributed by atoms with Gasteiger partial charge in [-0.15, -0.1) is 0 Å². The van der Waals surface area contributed by atoms with Crippen LogP contribution in [-0.4, -0.2) is 40.1 Å². The third-order valence-electron chi connectivity index (χ3n) is 6.22. The Morgan fingerprint density at radius 1 is 0.781 bits per heavy atom. The van der Waals surface area contributed by atoms with Gasteiger partial charge in [0.25, 0.3) is 0 Å². The van der Waals surface area contributed by atoms with Crippen LogP contribution in [0.5, 0.6) is 23.0 Å². The summed E-state index contributed by atoms with van der Waals surface area (Å²) in [6.07, 6.45) is 1.09. The molecule has 1 amide bonds. The Kier molecular flexibility index (Phi) is 6.08. The average Bonchev–Trinajstić information content (AvgIpc) is 2.82. The number of Topliss-reactive ketones (excluding diaryl/α,β-unsaturated/α-hetero) is 1. The number of ketones is 1. The highest BCUT2D eigenvalue weighted by atomic mass is 16.5. The van der Waals surface area contributed by atoms with Crippen LogP contribution in [-0.2, 0) is 9.59 Å². The standard InChI is InChI=1S/C25H27NO6/c1-29-16-6-8-21(30-2)17(12-16)15-9-19-25(20(27)10-15)18(13-24(28)26-19)14-5-7-22(31-3)23(11-14)32-4/h5-8,11-12,15,18H,9-10,13H2,1-4H3,(H,26,28). The predicted molar refractivity (Wildman–Crippen MR) is 119 cm³/mol.